The summed E-state index contributed by atoms with van der Waals surface area (Å²) >= 11 is 0. The summed E-state index contributed by atoms with van der Waals surface area (Å²) in [5, 5.41) is 14.9. The molecule has 0 saturated heterocycles. The number of hydrogen-bond acceptors (Lipinski definition) is 2. The molecule has 4 saturated carbocycles. The molecule has 1 unspecified atom stereocenters. The van der Waals surface area contributed by atoms with Crippen LogP contribution in [0.3, 0.4) is 0 Å². The van der Waals surface area contributed by atoms with Crippen LogP contribution >= 0.6 is 0 Å². The topological polar surface area (TPSA) is 38.0 Å². The van der Waals surface area contributed by atoms with Gasteiger partial charge in [-0.1, -0.05) is 0 Å². The Bertz CT molecular complexity index is 444. The average molecular weight is 260 g/mol. The molecule has 0 radical (unpaired) electrons. The molecule has 1 aromatic heterocycles. The second-order valence-electron chi connectivity index (χ2n) is 7.55. The Hall–Kier alpha value is -0.830. The standard InChI is InChI=1S/C16H24N2O/c1-18-3-2-14(17-18)15(19)10-16-7-11-4-12(8-16)6-13(5-11)9-16/h2-3,11-13,15,19H,4-10H2,1H3. The van der Waals surface area contributed by atoms with Crippen LogP contribution < -0.4 is 0 Å². The van der Waals surface area contributed by atoms with Gasteiger partial charge in [-0.25, -0.2) is 0 Å². The van der Waals surface area contributed by atoms with Gasteiger partial charge in [0.1, 0.15) is 0 Å². The van der Waals surface area contributed by atoms with E-state index in [1.165, 1.54) is 38.5 Å². The first-order valence-electron chi connectivity index (χ1n) is 7.79. The summed E-state index contributed by atoms with van der Waals surface area (Å²) in [6.07, 6.45) is 11.0. The molecule has 5 rings (SSSR count). The van der Waals surface area contributed by atoms with E-state index < -0.39 is 0 Å². The predicted octanol–water partition coefficient (Wildman–Crippen LogP) is 3.06. The second kappa shape index (κ2) is 4.08. The van der Waals surface area contributed by atoms with E-state index in [4.69, 9.17) is 0 Å². The number of aliphatic hydroxyl groups excluding tert-OH is 1. The number of aromatic nitrogens is 2. The molecule has 4 bridgehead atoms. The molecule has 0 amide bonds. The lowest BCUT2D eigenvalue weighted by molar-refractivity contribution is -0.0769. The minimum atomic E-state index is -0.363. The average Bonchev–Trinajstić information content (AvgIpc) is 2.73. The molecule has 1 aromatic rings. The first-order chi connectivity index (χ1) is 9.12. The van der Waals surface area contributed by atoms with Gasteiger partial charge in [-0.3, -0.25) is 4.68 Å². The maximum Gasteiger partial charge on any atom is 0.0983 e. The third-order valence-electron chi connectivity index (χ3n) is 5.87. The van der Waals surface area contributed by atoms with Crippen LogP contribution in [-0.4, -0.2) is 14.9 Å². The summed E-state index contributed by atoms with van der Waals surface area (Å²) in [5.41, 5.74) is 1.30. The number of aliphatic hydroxyl groups is 1. The summed E-state index contributed by atoms with van der Waals surface area (Å²) < 4.78 is 1.79. The fourth-order valence-corrected chi connectivity index (χ4v) is 5.67. The Morgan fingerprint density at radius 3 is 2.32 bits per heavy atom. The van der Waals surface area contributed by atoms with Crippen molar-refractivity contribution in [1.82, 2.24) is 9.78 Å². The van der Waals surface area contributed by atoms with Crippen LogP contribution in [0, 0.1) is 23.2 Å². The summed E-state index contributed by atoms with van der Waals surface area (Å²) in [6, 6.07) is 1.96. The van der Waals surface area contributed by atoms with Crippen LogP contribution in [-0.2, 0) is 7.05 Å². The van der Waals surface area contributed by atoms with Crippen LogP contribution in [0.1, 0.15) is 56.7 Å². The third kappa shape index (κ3) is 2.03. The van der Waals surface area contributed by atoms with Gasteiger partial charge in [-0.05, 0) is 74.2 Å². The van der Waals surface area contributed by atoms with Gasteiger partial charge >= 0.3 is 0 Å². The maximum absolute atomic E-state index is 10.5. The molecule has 1 N–H and O–H groups in total. The largest absolute Gasteiger partial charge is 0.387 e. The molecule has 4 fully saturated rings. The van der Waals surface area contributed by atoms with E-state index in [0.29, 0.717) is 5.41 Å². The fraction of sp³-hybridized carbons (Fsp3) is 0.812. The van der Waals surface area contributed by atoms with Crippen molar-refractivity contribution in [1.29, 1.82) is 0 Å². The van der Waals surface area contributed by atoms with Crippen molar-refractivity contribution in [2.45, 2.75) is 51.0 Å². The molecule has 0 spiro atoms. The highest BCUT2D eigenvalue weighted by Gasteiger charge is 2.51. The number of rotatable bonds is 3. The number of aryl methyl sites for hydroxylation is 1. The minimum absolute atomic E-state index is 0.363. The Labute approximate surface area is 115 Å². The zero-order valence-corrected chi connectivity index (χ0v) is 11.8. The SMILES string of the molecule is Cn1ccc(C(O)CC23CC4CC(CC(C4)C2)C3)n1. The lowest BCUT2D eigenvalue weighted by Gasteiger charge is -2.57. The normalized spacial score (nSPS) is 41.7. The lowest BCUT2D eigenvalue weighted by Crippen LogP contribution is -2.46. The smallest absolute Gasteiger partial charge is 0.0983 e. The Balaban J connectivity index is 1.53. The zero-order chi connectivity index (χ0) is 13.0. The highest BCUT2D eigenvalue weighted by molar-refractivity contribution is 5.07. The van der Waals surface area contributed by atoms with Crippen LogP contribution in [0.25, 0.3) is 0 Å². The Morgan fingerprint density at radius 2 is 1.84 bits per heavy atom. The van der Waals surface area contributed by atoms with Crippen molar-refractivity contribution < 1.29 is 5.11 Å². The summed E-state index contributed by atoms with van der Waals surface area (Å²) in [5.74, 6) is 2.88. The number of nitrogens with zero attached hydrogens (tertiary/aromatic N) is 2. The molecule has 0 aromatic carbocycles. The molecular formula is C16H24N2O. The predicted molar refractivity (Wildman–Crippen MR) is 73.4 cm³/mol. The van der Waals surface area contributed by atoms with E-state index in [1.54, 1.807) is 4.68 Å². The van der Waals surface area contributed by atoms with E-state index in [9.17, 15) is 5.11 Å². The fourth-order valence-electron chi connectivity index (χ4n) is 5.67. The van der Waals surface area contributed by atoms with E-state index in [2.05, 4.69) is 5.10 Å². The Kier molecular flexibility index (Phi) is 2.57. The van der Waals surface area contributed by atoms with Crippen LogP contribution in [0.15, 0.2) is 12.3 Å². The van der Waals surface area contributed by atoms with E-state index in [0.717, 1.165) is 29.9 Å². The van der Waals surface area contributed by atoms with Gasteiger partial charge < -0.3 is 5.11 Å². The van der Waals surface area contributed by atoms with Crippen molar-refractivity contribution in [3.8, 4) is 0 Å². The van der Waals surface area contributed by atoms with Crippen LogP contribution in [0.5, 0.6) is 0 Å². The molecule has 19 heavy (non-hydrogen) atoms. The first-order valence-corrected chi connectivity index (χ1v) is 7.79. The summed E-state index contributed by atoms with van der Waals surface area (Å²) in [4.78, 5) is 0. The van der Waals surface area contributed by atoms with E-state index in [-0.39, 0.29) is 6.10 Å². The summed E-state index contributed by atoms with van der Waals surface area (Å²) in [6.45, 7) is 0. The molecule has 4 aliphatic rings. The van der Waals surface area contributed by atoms with Gasteiger partial charge in [0.2, 0.25) is 0 Å². The van der Waals surface area contributed by atoms with Crippen LogP contribution in [0.2, 0.25) is 0 Å². The monoisotopic (exact) mass is 260 g/mol. The van der Waals surface area contributed by atoms with E-state index >= 15 is 0 Å². The van der Waals surface area contributed by atoms with Gasteiger partial charge in [-0.15, -0.1) is 0 Å². The lowest BCUT2D eigenvalue weighted by atomic mass is 9.48. The van der Waals surface area contributed by atoms with Gasteiger partial charge in [0.05, 0.1) is 11.8 Å². The molecule has 3 heteroatoms. The molecular weight excluding hydrogens is 236 g/mol. The van der Waals surface area contributed by atoms with Crippen molar-refractivity contribution >= 4 is 0 Å². The van der Waals surface area contributed by atoms with Gasteiger partial charge in [0.25, 0.3) is 0 Å². The highest BCUT2D eigenvalue weighted by atomic mass is 16.3. The summed E-state index contributed by atoms with van der Waals surface area (Å²) in [7, 11) is 1.92. The van der Waals surface area contributed by atoms with E-state index in [1.807, 2.05) is 19.3 Å². The highest BCUT2D eigenvalue weighted by Crippen LogP contribution is 2.62. The van der Waals surface area contributed by atoms with Crippen molar-refractivity contribution in [3.63, 3.8) is 0 Å². The molecule has 4 aliphatic carbocycles. The molecule has 0 aliphatic heterocycles. The third-order valence-corrected chi connectivity index (χ3v) is 5.87. The van der Waals surface area contributed by atoms with Gasteiger partial charge in [0.15, 0.2) is 0 Å². The molecule has 1 heterocycles. The molecule has 104 valence electrons. The molecule has 3 nitrogen and oxygen atoms in total. The first kappa shape index (κ1) is 12.0. The van der Waals surface area contributed by atoms with Gasteiger partial charge in [0, 0.05) is 13.2 Å². The Morgan fingerprint density at radius 1 is 1.26 bits per heavy atom. The van der Waals surface area contributed by atoms with Crippen molar-refractivity contribution in [3.05, 3.63) is 18.0 Å². The maximum atomic E-state index is 10.5. The second-order valence-corrected chi connectivity index (χ2v) is 7.55. The number of hydrogen-bond donors (Lipinski definition) is 1. The van der Waals surface area contributed by atoms with Crippen molar-refractivity contribution in [2.24, 2.45) is 30.2 Å². The molecule has 1 atom stereocenters. The quantitative estimate of drug-likeness (QED) is 0.907. The van der Waals surface area contributed by atoms with Gasteiger partial charge in [-0.2, -0.15) is 5.10 Å². The van der Waals surface area contributed by atoms with Crippen molar-refractivity contribution in [2.75, 3.05) is 0 Å². The zero-order valence-electron chi connectivity index (χ0n) is 11.8. The minimum Gasteiger partial charge on any atom is -0.387 e. The van der Waals surface area contributed by atoms with Crippen LogP contribution in [0.4, 0.5) is 0 Å².